The van der Waals surface area contributed by atoms with Gasteiger partial charge in [-0.3, -0.25) is 10.1 Å². The molecule has 0 saturated carbocycles. The minimum absolute atomic E-state index is 0.00649. The van der Waals surface area contributed by atoms with Crippen molar-refractivity contribution in [1.29, 1.82) is 0 Å². The van der Waals surface area contributed by atoms with Crippen molar-refractivity contribution in [3.8, 4) is 0 Å². The Bertz CT molecular complexity index is 382. The molecule has 6 nitrogen and oxygen atoms in total. The molecule has 6 heteroatoms. The Balaban J connectivity index is 2.56. The van der Waals surface area contributed by atoms with Crippen molar-refractivity contribution in [2.45, 2.75) is 20.3 Å². The lowest BCUT2D eigenvalue weighted by Gasteiger charge is -2.06. The summed E-state index contributed by atoms with van der Waals surface area (Å²) in [6.07, 6.45) is 0.792. The highest BCUT2D eigenvalue weighted by Crippen LogP contribution is 2.21. The lowest BCUT2D eigenvalue weighted by atomic mass is 10.3. The van der Waals surface area contributed by atoms with E-state index in [2.05, 4.69) is 10.3 Å². The highest BCUT2D eigenvalue weighted by Gasteiger charge is 2.14. The van der Waals surface area contributed by atoms with Crippen LogP contribution in [0.3, 0.4) is 0 Å². The Kier molecular flexibility index (Phi) is 5.35. The van der Waals surface area contributed by atoms with Gasteiger partial charge in [0, 0.05) is 31.5 Å². The first-order valence-electron chi connectivity index (χ1n) is 5.58. The molecule has 94 valence electrons. The summed E-state index contributed by atoms with van der Waals surface area (Å²) in [4.78, 5) is 14.5. The third-order valence-electron chi connectivity index (χ3n) is 2.17. The maximum absolute atomic E-state index is 10.8. The number of rotatable bonds is 7. The quantitative estimate of drug-likeness (QED) is 0.448. The summed E-state index contributed by atoms with van der Waals surface area (Å²) in [5, 5.41) is 13.7. The first-order chi connectivity index (χ1) is 8.15. The van der Waals surface area contributed by atoms with Gasteiger partial charge in [-0.15, -0.1) is 0 Å². The van der Waals surface area contributed by atoms with Crippen LogP contribution >= 0.6 is 0 Å². The molecule has 0 aliphatic heterocycles. The smallest absolute Gasteiger partial charge is 0.311 e. The average molecular weight is 239 g/mol. The van der Waals surface area contributed by atoms with E-state index in [1.807, 2.05) is 6.92 Å². The van der Waals surface area contributed by atoms with Gasteiger partial charge in [-0.25, -0.2) is 4.98 Å². The number of aromatic nitrogens is 1. The average Bonchev–Trinajstić information content (AvgIpc) is 2.28. The van der Waals surface area contributed by atoms with Crippen molar-refractivity contribution >= 4 is 11.5 Å². The minimum Gasteiger partial charge on any atom is -0.382 e. The number of ether oxygens (including phenoxy) is 1. The van der Waals surface area contributed by atoms with Crippen molar-refractivity contribution < 1.29 is 9.66 Å². The molecule has 0 unspecified atom stereocenters. The largest absolute Gasteiger partial charge is 0.382 e. The van der Waals surface area contributed by atoms with Crippen molar-refractivity contribution in [2.24, 2.45) is 0 Å². The molecule has 1 aromatic heterocycles. The topological polar surface area (TPSA) is 77.3 Å². The molecular weight excluding hydrogens is 222 g/mol. The molecule has 0 aromatic carbocycles. The summed E-state index contributed by atoms with van der Waals surface area (Å²) in [5.74, 6) is 0.325. The van der Waals surface area contributed by atoms with Crippen molar-refractivity contribution in [3.63, 3.8) is 0 Å². The Labute approximate surface area is 100 Å². The van der Waals surface area contributed by atoms with Crippen LogP contribution in [0.2, 0.25) is 0 Å². The van der Waals surface area contributed by atoms with E-state index in [1.54, 1.807) is 13.0 Å². The summed E-state index contributed by atoms with van der Waals surface area (Å²) in [6.45, 7) is 5.67. The number of nitro groups is 1. The summed E-state index contributed by atoms with van der Waals surface area (Å²) in [6, 6.07) is 3.09. The fourth-order valence-electron chi connectivity index (χ4n) is 1.35. The molecule has 0 amide bonds. The van der Waals surface area contributed by atoms with E-state index in [9.17, 15) is 10.1 Å². The van der Waals surface area contributed by atoms with Gasteiger partial charge in [0.15, 0.2) is 0 Å². The van der Waals surface area contributed by atoms with Gasteiger partial charge in [-0.2, -0.15) is 0 Å². The van der Waals surface area contributed by atoms with E-state index in [-0.39, 0.29) is 5.69 Å². The van der Waals surface area contributed by atoms with Gasteiger partial charge >= 0.3 is 5.69 Å². The molecule has 0 aliphatic carbocycles. The van der Waals surface area contributed by atoms with Crippen LogP contribution in [-0.4, -0.2) is 29.7 Å². The zero-order chi connectivity index (χ0) is 12.7. The van der Waals surface area contributed by atoms with Crippen molar-refractivity contribution in [1.82, 2.24) is 4.98 Å². The molecule has 0 spiro atoms. The summed E-state index contributed by atoms with van der Waals surface area (Å²) in [7, 11) is 0. The molecule has 0 aliphatic rings. The maximum Gasteiger partial charge on any atom is 0.311 e. The summed E-state index contributed by atoms with van der Waals surface area (Å²) < 4.78 is 5.18. The van der Waals surface area contributed by atoms with Gasteiger partial charge in [-0.05, 0) is 26.3 Å². The molecule has 0 atom stereocenters. The van der Waals surface area contributed by atoms with Crippen molar-refractivity contribution in [2.75, 3.05) is 25.1 Å². The van der Waals surface area contributed by atoms with Crippen LogP contribution in [-0.2, 0) is 4.74 Å². The second-order valence-corrected chi connectivity index (χ2v) is 3.55. The van der Waals surface area contributed by atoms with Crippen LogP contribution in [0.4, 0.5) is 11.5 Å². The Hall–Kier alpha value is -1.69. The van der Waals surface area contributed by atoms with Gasteiger partial charge in [0.2, 0.25) is 5.82 Å². The van der Waals surface area contributed by atoms with E-state index >= 15 is 0 Å². The first-order valence-corrected chi connectivity index (χ1v) is 5.58. The molecule has 0 saturated heterocycles. The highest BCUT2D eigenvalue weighted by atomic mass is 16.6. The van der Waals surface area contributed by atoms with E-state index in [4.69, 9.17) is 4.74 Å². The van der Waals surface area contributed by atoms with Gasteiger partial charge < -0.3 is 10.1 Å². The number of pyridine rings is 1. The predicted molar refractivity (Wildman–Crippen MR) is 65.2 cm³/mol. The van der Waals surface area contributed by atoms with Crippen LogP contribution < -0.4 is 5.32 Å². The van der Waals surface area contributed by atoms with Crippen LogP contribution in [0.25, 0.3) is 0 Å². The van der Waals surface area contributed by atoms with E-state index in [1.165, 1.54) is 6.07 Å². The monoisotopic (exact) mass is 239 g/mol. The second kappa shape index (κ2) is 6.80. The van der Waals surface area contributed by atoms with E-state index in [0.717, 1.165) is 12.1 Å². The number of aryl methyl sites for hydroxylation is 1. The highest BCUT2D eigenvalue weighted by molar-refractivity contribution is 5.55. The molecule has 0 fully saturated rings. The van der Waals surface area contributed by atoms with Crippen LogP contribution in [0.1, 0.15) is 19.0 Å². The normalized spacial score (nSPS) is 10.2. The minimum atomic E-state index is -0.433. The number of hydrogen-bond donors (Lipinski definition) is 1. The molecule has 0 radical (unpaired) electrons. The molecular formula is C11H17N3O3. The summed E-state index contributed by atoms with van der Waals surface area (Å²) in [5.41, 5.74) is 0.759. The molecule has 1 heterocycles. The lowest BCUT2D eigenvalue weighted by Crippen LogP contribution is -2.09. The first kappa shape index (κ1) is 13.4. The molecule has 17 heavy (non-hydrogen) atoms. The zero-order valence-corrected chi connectivity index (χ0v) is 10.1. The predicted octanol–water partition coefficient (Wildman–Crippen LogP) is 2.14. The second-order valence-electron chi connectivity index (χ2n) is 3.55. The van der Waals surface area contributed by atoms with Crippen LogP contribution in [0, 0.1) is 17.0 Å². The molecule has 1 N–H and O–H groups in total. The number of nitrogens with zero attached hydrogens (tertiary/aromatic N) is 2. The van der Waals surface area contributed by atoms with E-state index in [0.29, 0.717) is 25.6 Å². The molecule has 0 bridgehead atoms. The third-order valence-corrected chi connectivity index (χ3v) is 2.17. The fourth-order valence-corrected chi connectivity index (χ4v) is 1.35. The van der Waals surface area contributed by atoms with Crippen LogP contribution in [0.15, 0.2) is 12.1 Å². The lowest BCUT2D eigenvalue weighted by molar-refractivity contribution is -0.384. The Morgan fingerprint density at radius 1 is 1.53 bits per heavy atom. The Morgan fingerprint density at radius 3 is 2.94 bits per heavy atom. The zero-order valence-electron chi connectivity index (χ0n) is 10.1. The fraction of sp³-hybridized carbons (Fsp3) is 0.545. The molecule has 1 rings (SSSR count). The third kappa shape index (κ3) is 4.36. The SMILES string of the molecule is CCOCCCNc1nc(C)ccc1[N+](=O)[O-]. The Morgan fingerprint density at radius 2 is 2.29 bits per heavy atom. The van der Waals surface area contributed by atoms with Gasteiger partial charge in [-0.1, -0.05) is 0 Å². The van der Waals surface area contributed by atoms with Crippen molar-refractivity contribution in [3.05, 3.63) is 27.9 Å². The number of anilines is 1. The number of hydrogen-bond acceptors (Lipinski definition) is 5. The van der Waals surface area contributed by atoms with Gasteiger partial charge in [0.25, 0.3) is 0 Å². The molecule has 1 aromatic rings. The maximum atomic E-state index is 10.8. The summed E-state index contributed by atoms with van der Waals surface area (Å²) >= 11 is 0. The van der Waals surface area contributed by atoms with E-state index < -0.39 is 4.92 Å². The van der Waals surface area contributed by atoms with Crippen LogP contribution in [0.5, 0.6) is 0 Å². The number of nitrogens with one attached hydrogen (secondary N) is 1. The van der Waals surface area contributed by atoms with Gasteiger partial charge in [0.1, 0.15) is 0 Å². The standard InChI is InChI=1S/C11H17N3O3/c1-3-17-8-4-7-12-11-10(14(15)16)6-5-9(2)13-11/h5-6H,3-4,7-8H2,1-2H3,(H,12,13). The van der Waals surface area contributed by atoms with Gasteiger partial charge in [0.05, 0.1) is 4.92 Å².